The zero-order valence-electron chi connectivity index (χ0n) is 35.0. The molecule has 0 saturated carbocycles. The summed E-state index contributed by atoms with van der Waals surface area (Å²) in [5, 5.41) is 17.1. The van der Waals surface area contributed by atoms with Crippen molar-refractivity contribution in [2.45, 2.75) is 12.8 Å². The molecule has 0 aliphatic heterocycles. The van der Waals surface area contributed by atoms with Gasteiger partial charge in [0.1, 0.15) is 0 Å². The fourth-order valence-corrected chi connectivity index (χ4v) is 17.7. The van der Waals surface area contributed by atoms with Crippen LogP contribution in [-0.4, -0.2) is 7.80 Å². The van der Waals surface area contributed by atoms with Crippen molar-refractivity contribution in [2.75, 3.05) is 0 Å². The molecule has 66 heavy (non-hydrogen) atoms. The number of fused-ring (bicyclic) bond motifs is 16. The predicted molar refractivity (Wildman–Crippen MR) is 251 cm³/mol. The summed E-state index contributed by atoms with van der Waals surface area (Å²) in [7, 11) is 0. The molecule has 12 aromatic rings. The van der Waals surface area contributed by atoms with E-state index in [1.807, 2.05) is 0 Å². The van der Waals surface area contributed by atoms with Crippen molar-refractivity contribution in [3.8, 4) is 22.3 Å². The van der Waals surface area contributed by atoms with Gasteiger partial charge in [-0.2, -0.15) is 0 Å². The van der Waals surface area contributed by atoms with Gasteiger partial charge in [-0.15, -0.1) is 0 Å². The predicted octanol–water partition coefficient (Wildman–Crippen LogP) is 13.7. The van der Waals surface area contributed by atoms with Gasteiger partial charge in [0.2, 0.25) is 0 Å². The van der Waals surface area contributed by atoms with E-state index < -0.39 is 0 Å². The van der Waals surface area contributed by atoms with Gasteiger partial charge in [-0.05, 0) is 0 Å². The van der Waals surface area contributed by atoms with Crippen molar-refractivity contribution in [1.29, 1.82) is 0 Å². The molecule has 0 fully saturated rings. The minimum absolute atomic E-state index is 1.06. The van der Waals surface area contributed by atoms with Crippen LogP contribution in [0.3, 0.4) is 0 Å². The van der Waals surface area contributed by atoms with Gasteiger partial charge in [-0.1, -0.05) is 0 Å². The molecule has 15 rings (SSSR count). The normalized spacial score (nSPS) is 13.0. The van der Waals surface area contributed by atoms with Crippen molar-refractivity contribution < 1.29 is 116 Å². The van der Waals surface area contributed by atoms with E-state index in [9.17, 15) is 0 Å². The summed E-state index contributed by atoms with van der Waals surface area (Å²) < 4.78 is 8.91. The zero-order valence-corrected chi connectivity index (χ0v) is 52.6. The summed E-state index contributed by atoms with van der Waals surface area (Å²) in [6.45, 7) is 0. The Morgan fingerprint density at radius 3 is 1.30 bits per heavy atom. The minimum atomic E-state index is 1.06. The van der Waals surface area contributed by atoms with Gasteiger partial charge in [-0.25, -0.2) is 0 Å². The third-order valence-corrected chi connectivity index (χ3v) is 22.9. The Hall–Kier alpha value is -3.41. The van der Waals surface area contributed by atoms with E-state index in [-0.39, 0.29) is 0 Å². The van der Waals surface area contributed by atoms with Gasteiger partial charge in [0.15, 0.2) is 0 Å². The molecule has 0 unspecified atom stereocenters. The Labute approximate surface area is 446 Å². The van der Waals surface area contributed by atoms with Gasteiger partial charge < -0.3 is 0 Å². The Bertz CT molecular complexity index is 4190. The molecule has 0 heterocycles. The Morgan fingerprint density at radius 2 is 0.697 bits per heavy atom. The van der Waals surface area contributed by atoms with Crippen LogP contribution < -0.4 is 0 Å². The third kappa shape index (κ3) is 6.75. The van der Waals surface area contributed by atoms with Crippen LogP contribution in [0.1, 0.15) is 44.5 Å². The molecule has 308 valence electrons. The first-order chi connectivity index (χ1) is 32.2. The molecule has 3 aliphatic carbocycles. The number of rotatable bonds is 0. The second-order valence-electron chi connectivity index (χ2n) is 17.6. The Kier molecular flexibility index (Phi) is 10.8. The van der Waals surface area contributed by atoms with E-state index >= 15 is 0 Å². The van der Waals surface area contributed by atoms with Crippen LogP contribution in [0.25, 0.3) is 86.9 Å². The molecular formula is C60H32W6. The number of hydrogen-bond acceptors (Lipinski definition) is 0. The van der Waals surface area contributed by atoms with E-state index in [1.54, 1.807) is 116 Å². The molecule has 0 amide bonds. The molecule has 6 heteroatoms. The average Bonchev–Trinajstić information content (AvgIpc) is 4.18. The van der Waals surface area contributed by atoms with Gasteiger partial charge in [0, 0.05) is 0 Å². The van der Waals surface area contributed by atoms with Crippen LogP contribution in [0.5, 0.6) is 0 Å². The Balaban J connectivity index is 0.000000106. The molecule has 0 atom stereocenters. The van der Waals surface area contributed by atoms with Gasteiger partial charge in [0.05, 0.1) is 0 Å². The first-order valence-corrected chi connectivity index (χ1v) is 30.7. The number of hydrogen-bond donors (Lipinski definition) is 0. The quantitative estimate of drug-likeness (QED) is 0.142. The number of benzene rings is 8. The molecule has 0 nitrogen and oxygen atoms in total. The molecule has 0 N–H and O–H groups in total. The van der Waals surface area contributed by atoms with Crippen LogP contribution in [0, 0.1) is 14.2 Å². The first kappa shape index (κ1) is 42.7. The van der Waals surface area contributed by atoms with E-state index in [0.717, 1.165) is 12.8 Å². The van der Waals surface area contributed by atoms with E-state index in [1.165, 1.54) is 153 Å². The van der Waals surface area contributed by atoms with E-state index in [0.29, 0.717) is 0 Å². The second-order valence-corrected chi connectivity index (χ2v) is 26.6. The van der Waals surface area contributed by atoms with Crippen molar-refractivity contribution >= 4 is 72.4 Å². The molecule has 0 aromatic heterocycles. The molecule has 0 spiro atoms. The summed E-state index contributed by atoms with van der Waals surface area (Å²) >= 11 is 9.35. The maximum atomic E-state index is 2.51. The summed E-state index contributed by atoms with van der Waals surface area (Å²) in [5.74, 6) is 0. The van der Waals surface area contributed by atoms with E-state index in [4.69, 9.17) is 0 Å². The van der Waals surface area contributed by atoms with E-state index in [2.05, 4.69) is 170 Å². The molecular weight excluding hydrogens is 1820 g/mol. The summed E-state index contributed by atoms with van der Waals surface area (Å²) in [4.78, 5) is 0. The van der Waals surface area contributed by atoms with Crippen molar-refractivity contribution in [3.05, 3.63) is 229 Å². The maximum absolute atomic E-state index is 2.51. The average molecular weight is 1860 g/mol. The summed E-state index contributed by atoms with van der Waals surface area (Å²) in [6.07, 6.45) is 2.12. The molecule has 3 aliphatic rings. The van der Waals surface area contributed by atoms with Crippen LogP contribution in [0.15, 0.2) is 170 Å². The van der Waals surface area contributed by atoms with Crippen LogP contribution in [0.4, 0.5) is 0 Å². The van der Waals surface area contributed by atoms with Crippen molar-refractivity contribution in [2.24, 2.45) is 0 Å². The summed E-state index contributed by atoms with van der Waals surface area (Å²) in [6, 6.07) is 64.0. The van der Waals surface area contributed by atoms with Crippen LogP contribution in [-0.2, 0) is 129 Å². The van der Waals surface area contributed by atoms with Crippen molar-refractivity contribution in [3.63, 3.8) is 0 Å². The fraction of sp³-hybridized carbons (Fsp3) is 0.0333. The van der Waals surface area contributed by atoms with Crippen LogP contribution >= 0.6 is 0 Å². The molecule has 0 saturated heterocycles. The van der Waals surface area contributed by atoms with Gasteiger partial charge in [-0.3, -0.25) is 0 Å². The fourth-order valence-electron chi connectivity index (χ4n) is 10.8. The molecule has 0 bridgehead atoms. The first-order valence-electron chi connectivity index (χ1n) is 21.9. The zero-order chi connectivity index (χ0) is 44.5. The van der Waals surface area contributed by atoms with Gasteiger partial charge >= 0.3 is 452 Å². The molecule has 12 aromatic carbocycles. The third-order valence-electron chi connectivity index (χ3n) is 14.0. The van der Waals surface area contributed by atoms with Crippen LogP contribution in [0.2, 0.25) is 0 Å². The van der Waals surface area contributed by atoms with Gasteiger partial charge in [0.25, 0.3) is 0 Å². The monoisotopic (exact) mass is 1860 g/mol. The SMILES string of the molecule is [W]=[C]1c2ccccc2Cc2cc3c(cc21)-c1cc2c(cc1C3)-c1ccccc1[C]2=[W].[W]=[c]1c2ccccc2c2cc3[c](=[W])c4ccccc4c3cc12.[W]=[c]1ccc2cc3[c](=[W])ccc3cc12. The topological polar surface area (TPSA) is 0 Å². The Morgan fingerprint density at radius 1 is 0.242 bits per heavy atom. The standard InChI is InChI=1S/C28H16.C20H10.C12H6.6W/c1-2-6-18-10-21-14-27-22(12-20(21)9-17(18)5-1)13-24-15-26-23(16-28(24)27)11-19-7-3-4-8-25(19)26;1-3-7-17-13(5-1)9-15-11-20-16(12-19(15)17)10-14-6-2-4-8-18(14)20;1-3-9-7-11-5-2-6-12(11)8-10(9)4-1;;;;;;/h1-8,12,14-16H,9,13H2;1-8,11-12H;1-3,6-8H;;;;;;. The second kappa shape index (κ2) is 16.6. The summed E-state index contributed by atoms with van der Waals surface area (Å²) in [5.41, 5.74) is 17.6. The van der Waals surface area contributed by atoms with Crippen molar-refractivity contribution in [1.82, 2.24) is 0 Å². The molecule has 0 radical (unpaired) electrons.